The van der Waals surface area contributed by atoms with Gasteiger partial charge in [0.25, 0.3) is 5.91 Å². The maximum absolute atomic E-state index is 12.7. The lowest BCUT2D eigenvalue weighted by atomic mass is 10.0. The Bertz CT molecular complexity index is 636. The first kappa shape index (κ1) is 21.1. The zero-order valence-corrected chi connectivity index (χ0v) is 18.1. The maximum atomic E-state index is 12.7. The highest BCUT2D eigenvalue weighted by Crippen LogP contribution is 2.35. The molecule has 1 aromatic carbocycles. The molecule has 0 radical (unpaired) electrons. The van der Waals surface area contributed by atoms with Gasteiger partial charge in [0.15, 0.2) is 0 Å². The molecule has 1 atom stereocenters. The van der Waals surface area contributed by atoms with Crippen LogP contribution < -0.4 is 4.74 Å². The molecular formula is C23H37N3O2. The highest BCUT2D eigenvalue weighted by atomic mass is 16.5. The molecule has 156 valence electrons. The van der Waals surface area contributed by atoms with E-state index in [1.54, 1.807) is 4.90 Å². The molecule has 0 spiro atoms. The molecule has 0 N–H and O–H groups in total. The van der Waals surface area contributed by atoms with Crippen molar-refractivity contribution in [3.05, 3.63) is 29.8 Å². The first-order valence-electron chi connectivity index (χ1n) is 10.8. The fraction of sp³-hybridized carbons (Fsp3) is 0.696. The van der Waals surface area contributed by atoms with Crippen molar-refractivity contribution in [3.63, 3.8) is 0 Å². The van der Waals surface area contributed by atoms with E-state index in [1.807, 2.05) is 45.4 Å². The number of carbonyl (C=O) groups is 1. The van der Waals surface area contributed by atoms with E-state index in [0.717, 1.165) is 44.1 Å². The lowest BCUT2D eigenvalue weighted by Gasteiger charge is -2.36. The molecule has 1 aromatic rings. The Hall–Kier alpha value is -1.59. The summed E-state index contributed by atoms with van der Waals surface area (Å²) in [6.45, 7) is 6.18. The molecule has 1 heterocycles. The number of hydrogen-bond donors (Lipinski definition) is 0. The average molecular weight is 388 g/mol. The van der Waals surface area contributed by atoms with Crippen LogP contribution >= 0.6 is 0 Å². The minimum Gasteiger partial charge on any atom is -0.490 e. The molecule has 0 aromatic heterocycles. The van der Waals surface area contributed by atoms with Gasteiger partial charge in [-0.15, -0.1) is 0 Å². The van der Waals surface area contributed by atoms with Crippen molar-refractivity contribution in [2.24, 2.45) is 5.92 Å². The highest BCUT2D eigenvalue weighted by Gasteiger charge is 2.29. The third-order valence-electron chi connectivity index (χ3n) is 6.08. The summed E-state index contributed by atoms with van der Waals surface area (Å²) in [5, 5.41) is 0. The molecule has 28 heavy (non-hydrogen) atoms. The number of ether oxygens (including phenoxy) is 1. The van der Waals surface area contributed by atoms with Gasteiger partial charge >= 0.3 is 0 Å². The van der Waals surface area contributed by atoms with E-state index >= 15 is 0 Å². The van der Waals surface area contributed by atoms with Crippen molar-refractivity contribution in [2.75, 3.05) is 47.3 Å². The first-order chi connectivity index (χ1) is 13.4. The monoisotopic (exact) mass is 387 g/mol. The minimum atomic E-state index is 0.0519. The van der Waals surface area contributed by atoms with Crippen LogP contribution in [-0.2, 0) is 0 Å². The summed E-state index contributed by atoms with van der Waals surface area (Å²) in [6, 6.07) is 8.38. The number of nitrogens with zero attached hydrogens (tertiary/aromatic N) is 3. The quantitative estimate of drug-likeness (QED) is 0.651. The molecule has 1 saturated heterocycles. The van der Waals surface area contributed by atoms with E-state index in [9.17, 15) is 4.79 Å². The number of hydrogen-bond acceptors (Lipinski definition) is 4. The van der Waals surface area contributed by atoms with E-state index < -0.39 is 0 Å². The van der Waals surface area contributed by atoms with Gasteiger partial charge in [-0.25, -0.2) is 0 Å². The molecule has 1 aliphatic carbocycles. The van der Waals surface area contributed by atoms with Crippen LogP contribution in [0.4, 0.5) is 0 Å². The van der Waals surface area contributed by atoms with Gasteiger partial charge in [0.2, 0.25) is 0 Å². The van der Waals surface area contributed by atoms with Gasteiger partial charge in [0, 0.05) is 44.8 Å². The Morgan fingerprint density at radius 2 is 1.86 bits per heavy atom. The number of piperidine rings is 1. The van der Waals surface area contributed by atoms with Crippen molar-refractivity contribution in [2.45, 2.75) is 51.2 Å². The van der Waals surface area contributed by atoms with Crippen LogP contribution in [0.25, 0.3) is 0 Å². The topological polar surface area (TPSA) is 36.0 Å². The predicted octanol–water partition coefficient (Wildman–Crippen LogP) is 3.35. The Kier molecular flexibility index (Phi) is 7.36. The van der Waals surface area contributed by atoms with Gasteiger partial charge in [-0.3, -0.25) is 4.79 Å². The van der Waals surface area contributed by atoms with Crippen molar-refractivity contribution < 1.29 is 9.53 Å². The summed E-state index contributed by atoms with van der Waals surface area (Å²) >= 11 is 0. The third-order valence-corrected chi connectivity index (χ3v) is 6.08. The fourth-order valence-corrected chi connectivity index (χ4v) is 3.99. The van der Waals surface area contributed by atoms with Crippen LogP contribution in [0.1, 0.15) is 49.4 Å². The van der Waals surface area contributed by atoms with Crippen LogP contribution in [0, 0.1) is 5.92 Å². The van der Waals surface area contributed by atoms with Gasteiger partial charge in [-0.1, -0.05) is 18.9 Å². The van der Waals surface area contributed by atoms with E-state index in [-0.39, 0.29) is 12.0 Å². The average Bonchev–Trinajstić information content (AvgIpc) is 3.50. The summed E-state index contributed by atoms with van der Waals surface area (Å²) in [5.41, 5.74) is 0.703. The Balaban J connectivity index is 1.48. The number of amides is 1. The summed E-state index contributed by atoms with van der Waals surface area (Å²) in [5.74, 6) is 1.85. The molecule has 1 unspecified atom stereocenters. The fourth-order valence-electron chi connectivity index (χ4n) is 3.99. The first-order valence-corrected chi connectivity index (χ1v) is 10.8. The van der Waals surface area contributed by atoms with Gasteiger partial charge < -0.3 is 19.4 Å². The zero-order valence-electron chi connectivity index (χ0n) is 18.1. The van der Waals surface area contributed by atoms with Crippen LogP contribution in [0.5, 0.6) is 5.75 Å². The summed E-state index contributed by atoms with van der Waals surface area (Å²) < 4.78 is 6.24. The molecule has 3 rings (SSSR count). The molecule has 5 heteroatoms. The molecule has 0 bridgehead atoms. The van der Waals surface area contributed by atoms with Crippen LogP contribution in [-0.4, -0.2) is 80.1 Å². The second-order valence-electron chi connectivity index (χ2n) is 8.94. The molecule has 1 aliphatic heterocycles. The largest absolute Gasteiger partial charge is 0.490 e. The van der Waals surface area contributed by atoms with Gasteiger partial charge in [-0.2, -0.15) is 0 Å². The van der Waals surface area contributed by atoms with Crippen LogP contribution in [0.3, 0.4) is 0 Å². The van der Waals surface area contributed by atoms with Crippen molar-refractivity contribution in [1.29, 1.82) is 0 Å². The van der Waals surface area contributed by atoms with Gasteiger partial charge in [0.05, 0.1) is 0 Å². The van der Waals surface area contributed by atoms with Crippen molar-refractivity contribution in [3.8, 4) is 5.75 Å². The molecule has 1 saturated carbocycles. The second kappa shape index (κ2) is 9.75. The summed E-state index contributed by atoms with van der Waals surface area (Å²) in [6.07, 6.45) is 6.61. The lowest BCUT2D eigenvalue weighted by Crippen LogP contribution is -2.43. The molecule has 2 fully saturated rings. The maximum Gasteiger partial charge on any atom is 0.253 e. The SMILES string of the molecule is CC(CC1CC1)N1CCC(Oc2cccc(C(=O)N(C)CCN(C)C)c2)CC1. The Labute approximate surface area is 170 Å². The Morgan fingerprint density at radius 3 is 2.50 bits per heavy atom. The summed E-state index contributed by atoms with van der Waals surface area (Å²) in [4.78, 5) is 19.1. The zero-order chi connectivity index (χ0) is 20.1. The van der Waals surface area contributed by atoms with Gasteiger partial charge in [0.1, 0.15) is 11.9 Å². The number of likely N-dealkylation sites (N-methyl/N-ethyl adjacent to an activating group) is 2. The highest BCUT2D eigenvalue weighted by molar-refractivity contribution is 5.94. The molecule has 5 nitrogen and oxygen atoms in total. The number of carbonyl (C=O) groups excluding carboxylic acids is 1. The van der Waals surface area contributed by atoms with Gasteiger partial charge in [-0.05, 0) is 64.4 Å². The van der Waals surface area contributed by atoms with Crippen LogP contribution in [0.2, 0.25) is 0 Å². The van der Waals surface area contributed by atoms with Crippen LogP contribution in [0.15, 0.2) is 24.3 Å². The normalized spacial score (nSPS) is 19.6. The number of benzene rings is 1. The lowest BCUT2D eigenvalue weighted by molar-refractivity contribution is 0.0746. The smallest absolute Gasteiger partial charge is 0.253 e. The third kappa shape index (κ3) is 6.21. The van der Waals surface area contributed by atoms with E-state index in [1.165, 1.54) is 19.3 Å². The molecular weight excluding hydrogens is 350 g/mol. The second-order valence-corrected chi connectivity index (χ2v) is 8.94. The number of rotatable bonds is 9. The molecule has 1 amide bonds. The number of likely N-dealkylation sites (tertiary alicyclic amines) is 1. The van der Waals surface area contributed by atoms with E-state index in [0.29, 0.717) is 18.2 Å². The molecule has 2 aliphatic rings. The standard InChI is InChI=1S/C23H37N3O2/c1-18(16-19-8-9-19)26-12-10-21(11-13-26)28-22-7-5-6-20(17-22)23(27)25(4)15-14-24(2)3/h5-7,17-19,21H,8-16H2,1-4H3. The summed E-state index contributed by atoms with van der Waals surface area (Å²) in [7, 11) is 5.90. The van der Waals surface area contributed by atoms with Crippen molar-refractivity contribution in [1.82, 2.24) is 14.7 Å². The Morgan fingerprint density at radius 1 is 1.14 bits per heavy atom. The van der Waals surface area contributed by atoms with E-state index in [2.05, 4.69) is 16.7 Å². The minimum absolute atomic E-state index is 0.0519. The van der Waals surface area contributed by atoms with Crippen molar-refractivity contribution >= 4 is 5.91 Å². The van der Waals surface area contributed by atoms with E-state index in [4.69, 9.17) is 4.74 Å². The predicted molar refractivity (Wildman–Crippen MR) is 114 cm³/mol.